The molecule has 102 valence electrons. The molecule has 0 heterocycles. The summed E-state index contributed by atoms with van der Waals surface area (Å²) in [5.74, 6) is 0.767. The second-order valence-corrected chi connectivity index (χ2v) is 5.03. The quantitative estimate of drug-likeness (QED) is 0.747. The summed E-state index contributed by atoms with van der Waals surface area (Å²) in [6.45, 7) is 3.81. The molecule has 2 aromatic rings. The maximum absolute atomic E-state index is 10.00. The lowest BCUT2D eigenvalue weighted by atomic mass is 10.0. The molecule has 2 rings (SSSR count). The van der Waals surface area contributed by atoms with Crippen molar-refractivity contribution in [1.82, 2.24) is 5.32 Å². The molecule has 0 aromatic heterocycles. The molecule has 3 heteroatoms. The van der Waals surface area contributed by atoms with Gasteiger partial charge in [-0.2, -0.15) is 0 Å². The van der Waals surface area contributed by atoms with Crippen LogP contribution in [-0.2, 0) is 6.54 Å². The number of hydrogen-bond acceptors (Lipinski definition) is 3. The summed E-state index contributed by atoms with van der Waals surface area (Å²) in [6.07, 6.45) is 0.800. The molecular weight excluding hydrogens is 238 g/mol. The van der Waals surface area contributed by atoms with Gasteiger partial charge in [-0.05, 0) is 35.7 Å². The fourth-order valence-electron chi connectivity index (χ4n) is 2.28. The Morgan fingerprint density at radius 3 is 2.74 bits per heavy atom. The lowest BCUT2D eigenvalue weighted by Crippen LogP contribution is -2.21. The minimum atomic E-state index is 0.225. The Kier molecular flexibility index (Phi) is 4.77. The molecule has 0 fully saturated rings. The van der Waals surface area contributed by atoms with Crippen LogP contribution in [0.2, 0.25) is 0 Å². The summed E-state index contributed by atoms with van der Waals surface area (Å²) in [4.78, 5) is 0. The van der Waals surface area contributed by atoms with Gasteiger partial charge in [0.05, 0.1) is 0 Å². The Bertz CT molecular complexity index is 539. The molecule has 3 nitrogen and oxygen atoms in total. The van der Waals surface area contributed by atoms with Crippen molar-refractivity contribution in [3.05, 3.63) is 42.0 Å². The van der Waals surface area contributed by atoms with Gasteiger partial charge in [0, 0.05) is 18.7 Å². The summed E-state index contributed by atoms with van der Waals surface area (Å²) in [7, 11) is 0. The largest absolute Gasteiger partial charge is 0.508 e. The summed E-state index contributed by atoms with van der Waals surface area (Å²) in [5, 5.41) is 24.4. The van der Waals surface area contributed by atoms with Crippen LogP contribution in [-0.4, -0.2) is 23.4 Å². The van der Waals surface area contributed by atoms with Crippen molar-refractivity contribution < 1.29 is 10.2 Å². The second-order valence-electron chi connectivity index (χ2n) is 5.03. The maximum atomic E-state index is 10.00. The number of benzene rings is 2. The van der Waals surface area contributed by atoms with E-state index in [-0.39, 0.29) is 6.61 Å². The third kappa shape index (κ3) is 3.46. The zero-order valence-corrected chi connectivity index (χ0v) is 11.3. The number of rotatable bonds is 6. The smallest absolute Gasteiger partial charge is 0.120 e. The Labute approximate surface area is 113 Å². The monoisotopic (exact) mass is 259 g/mol. The zero-order chi connectivity index (χ0) is 13.7. The molecule has 0 spiro atoms. The SMILES string of the molecule is CC(CCO)CNCc1c(O)ccc2ccccc12. The first-order valence-electron chi connectivity index (χ1n) is 6.73. The standard InChI is InChI=1S/C16H21NO2/c1-12(8-9-18)10-17-11-15-14-5-3-2-4-13(14)6-7-16(15)19/h2-7,12,17-19H,8-11H2,1H3. The van der Waals surface area contributed by atoms with Gasteiger partial charge in [-0.15, -0.1) is 0 Å². The molecule has 0 aliphatic rings. The van der Waals surface area contributed by atoms with Crippen molar-refractivity contribution in [2.75, 3.05) is 13.2 Å². The van der Waals surface area contributed by atoms with E-state index in [4.69, 9.17) is 5.11 Å². The number of aromatic hydroxyl groups is 1. The van der Waals surface area contributed by atoms with E-state index in [1.54, 1.807) is 6.07 Å². The minimum absolute atomic E-state index is 0.225. The molecule has 0 saturated heterocycles. The third-order valence-corrected chi connectivity index (χ3v) is 3.43. The van der Waals surface area contributed by atoms with E-state index in [0.29, 0.717) is 18.2 Å². The van der Waals surface area contributed by atoms with Crippen LogP contribution in [0.15, 0.2) is 36.4 Å². The second kappa shape index (κ2) is 6.55. The van der Waals surface area contributed by atoms with Crippen LogP contribution in [0.1, 0.15) is 18.9 Å². The van der Waals surface area contributed by atoms with Crippen molar-refractivity contribution >= 4 is 10.8 Å². The Morgan fingerprint density at radius 2 is 1.95 bits per heavy atom. The van der Waals surface area contributed by atoms with Gasteiger partial charge in [0.2, 0.25) is 0 Å². The van der Waals surface area contributed by atoms with Gasteiger partial charge < -0.3 is 15.5 Å². The van der Waals surface area contributed by atoms with Crippen molar-refractivity contribution in [3.8, 4) is 5.75 Å². The average Bonchev–Trinajstić information content (AvgIpc) is 2.41. The predicted molar refractivity (Wildman–Crippen MR) is 78.2 cm³/mol. The number of phenols is 1. The van der Waals surface area contributed by atoms with Gasteiger partial charge in [0.15, 0.2) is 0 Å². The number of phenolic OH excluding ortho intramolecular Hbond substituents is 1. The molecule has 1 atom stereocenters. The summed E-state index contributed by atoms with van der Waals surface area (Å²) < 4.78 is 0. The van der Waals surface area contributed by atoms with E-state index < -0.39 is 0 Å². The van der Waals surface area contributed by atoms with E-state index in [0.717, 1.165) is 29.3 Å². The van der Waals surface area contributed by atoms with Gasteiger partial charge in [0.1, 0.15) is 5.75 Å². The van der Waals surface area contributed by atoms with Gasteiger partial charge in [-0.1, -0.05) is 37.3 Å². The van der Waals surface area contributed by atoms with Crippen molar-refractivity contribution in [2.24, 2.45) is 5.92 Å². The Morgan fingerprint density at radius 1 is 1.16 bits per heavy atom. The van der Waals surface area contributed by atoms with E-state index in [2.05, 4.69) is 12.2 Å². The van der Waals surface area contributed by atoms with Crippen LogP contribution in [0.4, 0.5) is 0 Å². The van der Waals surface area contributed by atoms with Gasteiger partial charge in [-0.3, -0.25) is 0 Å². The Balaban J connectivity index is 2.09. The highest BCUT2D eigenvalue weighted by atomic mass is 16.3. The normalized spacial score (nSPS) is 12.7. The van der Waals surface area contributed by atoms with Crippen LogP contribution in [0, 0.1) is 5.92 Å². The molecule has 0 bridgehead atoms. The molecule has 0 amide bonds. The van der Waals surface area contributed by atoms with Crippen molar-refractivity contribution in [2.45, 2.75) is 19.9 Å². The van der Waals surface area contributed by atoms with Crippen LogP contribution in [0.3, 0.4) is 0 Å². The van der Waals surface area contributed by atoms with E-state index in [1.165, 1.54) is 0 Å². The van der Waals surface area contributed by atoms with E-state index >= 15 is 0 Å². The number of aliphatic hydroxyl groups excluding tert-OH is 1. The molecule has 2 aromatic carbocycles. The van der Waals surface area contributed by atoms with Crippen molar-refractivity contribution in [1.29, 1.82) is 0 Å². The topological polar surface area (TPSA) is 52.5 Å². The van der Waals surface area contributed by atoms with E-state index in [9.17, 15) is 5.11 Å². The first kappa shape index (κ1) is 13.8. The van der Waals surface area contributed by atoms with Crippen LogP contribution in [0.25, 0.3) is 10.8 Å². The average molecular weight is 259 g/mol. The zero-order valence-electron chi connectivity index (χ0n) is 11.3. The first-order chi connectivity index (χ1) is 9.22. The number of nitrogens with one attached hydrogen (secondary N) is 1. The fourth-order valence-corrected chi connectivity index (χ4v) is 2.28. The molecule has 1 unspecified atom stereocenters. The molecule has 0 saturated carbocycles. The molecule has 0 aliphatic heterocycles. The first-order valence-corrected chi connectivity index (χ1v) is 6.73. The highest BCUT2D eigenvalue weighted by molar-refractivity contribution is 5.87. The van der Waals surface area contributed by atoms with Crippen LogP contribution < -0.4 is 5.32 Å². The highest BCUT2D eigenvalue weighted by Crippen LogP contribution is 2.26. The summed E-state index contributed by atoms with van der Waals surface area (Å²) in [6, 6.07) is 11.7. The lowest BCUT2D eigenvalue weighted by molar-refractivity contribution is 0.260. The number of hydrogen-bond donors (Lipinski definition) is 3. The number of fused-ring (bicyclic) bond motifs is 1. The molecule has 0 radical (unpaired) electrons. The van der Waals surface area contributed by atoms with Gasteiger partial charge in [-0.25, -0.2) is 0 Å². The van der Waals surface area contributed by atoms with Gasteiger partial charge in [0.25, 0.3) is 0 Å². The number of aliphatic hydroxyl groups is 1. The molecular formula is C16H21NO2. The van der Waals surface area contributed by atoms with Crippen LogP contribution >= 0.6 is 0 Å². The maximum Gasteiger partial charge on any atom is 0.120 e. The van der Waals surface area contributed by atoms with E-state index in [1.807, 2.05) is 30.3 Å². The predicted octanol–water partition coefficient (Wildman–Crippen LogP) is 2.65. The Hall–Kier alpha value is -1.58. The summed E-state index contributed by atoms with van der Waals surface area (Å²) >= 11 is 0. The third-order valence-electron chi connectivity index (χ3n) is 3.43. The highest BCUT2D eigenvalue weighted by Gasteiger charge is 2.07. The van der Waals surface area contributed by atoms with Gasteiger partial charge >= 0.3 is 0 Å². The lowest BCUT2D eigenvalue weighted by Gasteiger charge is -2.13. The molecule has 3 N–H and O–H groups in total. The molecule has 19 heavy (non-hydrogen) atoms. The fraction of sp³-hybridized carbons (Fsp3) is 0.375. The van der Waals surface area contributed by atoms with Crippen molar-refractivity contribution in [3.63, 3.8) is 0 Å². The molecule has 0 aliphatic carbocycles. The summed E-state index contributed by atoms with van der Waals surface area (Å²) in [5.41, 5.74) is 0.939. The van der Waals surface area contributed by atoms with Crippen LogP contribution in [0.5, 0.6) is 5.75 Å². The minimum Gasteiger partial charge on any atom is -0.508 e.